The first-order valence-corrected chi connectivity index (χ1v) is 9.49. The Labute approximate surface area is 148 Å². The Morgan fingerprint density at radius 2 is 2.22 bits per heavy atom. The summed E-state index contributed by atoms with van der Waals surface area (Å²) in [6.45, 7) is 1.53. The number of aliphatic carboxylic acids is 1. The zero-order valence-corrected chi connectivity index (χ0v) is 15.0. The first-order chi connectivity index (χ1) is 10.8. The molecule has 0 saturated carbocycles. The number of aromatic nitrogens is 2. The number of nitrogen functional groups attached to an aromatic ring is 1. The molecule has 3 rings (SSSR count). The fraction of sp³-hybridized carbons (Fsp3) is 0.455. The van der Waals surface area contributed by atoms with E-state index >= 15 is 0 Å². The van der Waals surface area contributed by atoms with Gasteiger partial charge in [-0.3, -0.25) is 9.69 Å². The number of rotatable bonds is 5. The molecule has 1 unspecified atom stereocenters. The molecule has 1 aromatic rings. The SMILES string of the molecule is C[C@@H](O)[C@H]1C(=O)N2C(C(=O)O)=C(SC(S)c3nnc(N)s3)S[C@H]12. The molecule has 4 N–H and O–H groups in total. The molecule has 4 atom stereocenters. The number of nitrogens with two attached hydrogens (primary N) is 1. The Morgan fingerprint density at radius 1 is 1.52 bits per heavy atom. The van der Waals surface area contributed by atoms with E-state index in [1.54, 1.807) is 0 Å². The number of nitrogens with zero attached hydrogens (tertiary/aromatic N) is 3. The zero-order chi connectivity index (χ0) is 16.9. The largest absolute Gasteiger partial charge is 0.477 e. The fourth-order valence-electron chi connectivity index (χ4n) is 2.33. The molecule has 1 saturated heterocycles. The van der Waals surface area contributed by atoms with Crippen LogP contribution in [-0.2, 0) is 9.59 Å². The van der Waals surface area contributed by atoms with E-state index in [0.717, 1.165) is 0 Å². The minimum atomic E-state index is -1.18. The molecule has 0 aromatic carbocycles. The monoisotopic (exact) mass is 392 g/mol. The van der Waals surface area contributed by atoms with E-state index in [1.807, 2.05) is 0 Å². The van der Waals surface area contributed by atoms with Crippen molar-refractivity contribution in [2.45, 2.75) is 23.0 Å². The molecule has 124 valence electrons. The van der Waals surface area contributed by atoms with E-state index in [-0.39, 0.29) is 11.6 Å². The van der Waals surface area contributed by atoms with E-state index in [2.05, 4.69) is 22.8 Å². The summed E-state index contributed by atoms with van der Waals surface area (Å²) < 4.78 is 0.0215. The molecule has 1 aromatic heterocycles. The van der Waals surface area contributed by atoms with Gasteiger partial charge in [-0.05, 0) is 6.92 Å². The summed E-state index contributed by atoms with van der Waals surface area (Å²) in [5.74, 6) is -2.15. The van der Waals surface area contributed by atoms with E-state index in [1.165, 1.54) is 46.7 Å². The molecule has 8 nitrogen and oxygen atoms in total. The van der Waals surface area contributed by atoms with Gasteiger partial charge in [0, 0.05) is 0 Å². The number of thiol groups is 1. The van der Waals surface area contributed by atoms with Gasteiger partial charge in [-0.15, -0.1) is 10.2 Å². The fourth-order valence-corrected chi connectivity index (χ4v) is 6.61. The number of carbonyl (C=O) groups excluding carboxylic acids is 1. The van der Waals surface area contributed by atoms with Gasteiger partial charge in [0.05, 0.1) is 16.3 Å². The molecule has 0 aliphatic carbocycles. The van der Waals surface area contributed by atoms with Gasteiger partial charge in [-0.25, -0.2) is 4.79 Å². The van der Waals surface area contributed by atoms with Crippen LogP contribution in [0.5, 0.6) is 0 Å². The highest BCUT2D eigenvalue weighted by Gasteiger charge is 2.57. The summed E-state index contributed by atoms with van der Waals surface area (Å²) in [7, 11) is 0. The Kier molecular flexibility index (Phi) is 4.53. The van der Waals surface area contributed by atoms with Crippen LogP contribution in [0.25, 0.3) is 0 Å². The minimum absolute atomic E-state index is 0.0663. The number of anilines is 1. The van der Waals surface area contributed by atoms with Gasteiger partial charge in [0.25, 0.3) is 0 Å². The number of carbonyl (C=O) groups is 2. The summed E-state index contributed by atoms with van der Waals surface area (Å²) in [5, 5.41) is 27.2. The summed E-state index contributed by atoms with van der Waals surface area (Å²) in [5.41, 5.74) is 5.47. The van der Waals surface area contributed by atoms with Gasteiger partial charge in [0.15, 0.2) is 5.70 Å². The highest BCUT2D eigenvalue weighted by atomic mass is 32.2. The van der Waals surface area contributed by atoms with Crippen LogP contribution in [0.3, 0.4) is 0 Å². The van der Waals surface area contributed by atoms with Gasteiger partial charge in [-0.2, -0.15) is 12.6 Å². The van der Waals surface area contributed by atoms with Crippen molar-refractivity contribution >= 4 is 64.5 Å². The molecule has 3 heterocycles. The maximum Gasteiger partial charge on any atom is 0.354 e. The van der Waals surface area contributed by atoms with Crippen molar-refractivity contribution in [2.24, 2.45) is 5.92 Å². The number of thioether (sulfide) groups is 2. The lowest BCUT2D eigenvalue weighted by Crippen LogP contribution is -2.60. The molecule has 1 fully saturated rings. The maximum absolute atomic E-state index is 12.1. The number of β-lactam (4-membered cyclic amide) rings is 1. The average molecular weight is 393 g/mol. The van der Waals surface area contributed by atoms with Crippen molar-refractivity contribution in [1.29, 1.82) is 0 Å². The van der Waals surface area contributed by atoms with Crippen molar-refractivity contribution in [3.8, 4) is 0 Å². The Hall–Kier alpha value is -0.950. The lowest BCUT2D eigenvalue weighted by molar-refractivity contribution is -0.156. The summed E-state index contributed by atoms with van der Waals surface area (Å²) >= 11 is 8.00. The third-order valence-electron chi connectivity index (χ3n) is 3.35. The maximum atomic E-state index is 12.1. The second-order valence-corrected chi connectivity index (χ2v) is 9.28. The predicted octanol–water partition coefficient (Wildman–Crippen LogP) is 0.948. The number of fused-ring (bicyclic) bond motifs is 1. The standard InChI is InChI=1S/C11H12N4O4S4/c1-2(16)3-6(17)15-4(8(18)19)10(22-7(3)15)23-9(20)5-13-14-11(12)21-5/h2-3,7,9,16,20H,1H3,(H2,12,14)(H,18,19)/t2-,3+,7-,9?/m1/s1. The number of carboxylic acid groups (broad SMARTS) is 1. The average Bonchev–Trinajstić information content (AvgIpc) is 3.00. The number of hydrogen-bond donors (Lipinski definition) is 4. The van der Waals surface area contributed by atoms with Gasteiger partial charge in [0.1, 0.15) is 15.0 Å². The summed E-state index contributed by atoms with van der Waals surface area (Å²) in [6, 6.07) is 0. The Morgan fingerprint density at radius 3 is 2.74 bits per heavy atom. The Bertz CT molecular complexity index is 706. The van der Waals surface area contributed by atoms with Crippen LogP contribution in [0.4, 0.5) is 5.13 Å². The quantitative estimate of drug-likeness (QED) is 0.329. The van der Waals surface area contributed by atoms with Crippen LogP contribution >= 0.6 is 47.5 Å². The van der Waals surface area contributed by atoms with Gasteiger partial charge in [0.2, 0.25) is 11.0 Å². The van der Waals surface area contributed by atoms with Crippen molar-refractivity contribution in [3.05, 3.63) is 14.9 Å². The second kappa shape index (κ2) is 6.16. The summed E-state index contributed by atoms with van der Waals surface area (Å²) in [6.07, 6.45) is -0.828. The number of aliphatic hydroxyl groups is 1. The molecule has 0 radical (unpaired) electrons. The predicted molar refractivity (Wildman–Crippen MR) is 91.7 cm³/mol. The number of aliphatic hydroxyl groups excluding tert-OH is 1. The van der Waals surface area contributed by atoms with Crippen LogP contribution in [0.2, 0.25) is 0 Å². The third kappa shape index (κ3) is 2.82. The van der Waals surface area contributed by atoms with Crippen molar-refractivity contribution in [2.75, 3.05) is 5.73 Å². The van der Waals surface area contributed by atoms with E-state index in [0.29, 0.717) is 14.4 Å². The highest BCUT2D eigenvalue weighted by Crippen LogP contribution is 2.57. The summed E-state index contributed by atoms with van der Waals surface area (Å²) in [4.78, 5) is 24.9. The number of amides is 1. The van der Waals surface area contributed by atoms with Crippen molar-refractivity contribution < 1.29 is 19.8 Å². The van der Waals surface area contributed by atoms with Crippen LogP contribution in [-0.4, -0.2) is 48.7 Å². The van der Waals surface area contributed by atoms with Gasteiger partial charge >= 0.3 is 5.97 Å². The minimum Gasteiger partial charge on any atom is -0.477 e. The third-order valence-corrected chi connectivity index (χ3v) is 7.64. The van der Waals surface area contributed by atoms with Crippen LogP contribution in [0.1, 0.15) is 16.5 Å². The first-order valence-electron chi connectivity index (χ1n) is 6.40. The van der Waals surface area contributed by atoms with Gasteiger partial charge in [-0.1, -0.05) is 34.9 Å². The molecular weight excluding hydrogens is 380 g/mol. The lowest BCUT2D eigenvalue weighted by atomic mass is 9.92. The molecular formula is C11H12N4O4S4. The normalized spacial score (nSPS) is 26.0. The van der Waals surface area contributed by atoms with Crippen LogP contribution < -0.4 is 5.73 Å². The molecule has 12 heteroatoms. The first kappa shape index (κ1) is 16.9. The number of carboxylic acids is 1. The van der Waals surface area contributed by atoms with E-state index in [4.69, 9.17) is 5.73 Å². The van der Waals surface area contributed by atoms with E-state index in [9.17, 15) is 19.8 Å². The zero-order valence-electron chi connectivity index (χ0n) is 11.6. The molecule has 2 aliphatic rings. The highest BCUT2D eigenvalue weighted by molar-refractivity contribution is 8.26. The molecule has 1 amide bonds. The van der Waals surface area contributed by atoms with Crippen LogP contribution in [0.15, 0.2) is 9.93 Å². The molecule has 23 heavy (non-hydrogen) atoms. The molecule has 2 aliphatic heterocycles. The lowest BCUT2D eigenvalue weighted by Gasteiger charge is -2.43. The van der Waals surface area contributed by atoms with Crippen molar-refractivity contribution in [1.82, 2.24) is 15.1 Å². The topological polar surface area (TPSA) is 130 Å². The van der Waals surface area contributed by atoms with Crippen molar-refractivity contribution in [3.63, 3.8) is 0 Å². The number of hydrogen-bond acceptors (Lipinski definition) is 10. The van der Waals surface area contributed by atoms with E-state index < -0.39 is 27.9 Å². The molecule has 0 spiro atoms. The van der Waals surface area contributed by atoms with Gasteiger partial charge < -0.3 is 15.9 Å². The van der Waals surface area contributed by atoms with Crippen LogP contribution in [0, 0.1) is 5.92 Å². The second-order valence-electron chi connectivity index (χ2n) is 4.87. The molecule has 0 bridgehead atoms. The smallest absolute Gasteiger partial charge is 0.354 e. The Balaban J connectivity index is 1.83.